The molecule has 0 rings (SSSR count). The van der Waals surface area contributed by atoms with Gasteiger partial charge in [-0.1, -0.05) is 0 Å². The molecule has 0 aliphatic heterocycles. The predicted molar refractivity (Wildman–Crippen MR) is 68.3 cm³/mol. The van der Waals surface area contributed by atoms with Crippen LogP contribution in [-0.2, 0) is 13.6 Å². The molecular formula is C9H18F6NO3PSi. The Morgan fingerprint density at radius 2 is 1.24 bits per heavy atom. The van der Waals surface area contributed by atoms with Crippen molar-refractivity contribution in [2.24, 2.45) is 4.41 Å². The molecule has 0 saturated heterocycles. The molecule has 0 aromatic carbocycles. The largest absolute Gasteiger partial charge is 0.412 e. The van der Waals surface area contributed by atoms with Gasteiger partial charge in [0, 0.05) is 0 Å². The monoisotopic (exact) mass is 361 g/mol. The van der Waals surface area contributed by atoms with Crippen LogP contribution in [0, 0.1) is 0 Å². The van der Waals surface area contributed by atoms with Gasteiger partial charge < -0.3 is 4.52 Å². The van der Waals surface area contributed by atoms with Crippen LogP contribution in [0.5, 0.6) is 0 Å². The molecule has 0 atom stereocenters. The van der Waals surface area contributed by atoms with E-state index in [4.69, 9.17) is 4.52 Å². The van der Waals surface area contributed by atoms with E-state index in [1.807, 2.05) is 0 Å². The Balaban J connectivity index is 5.39. The van der Waals surface area contributed by atoms with Crippen LogP contribution in [0.25, 0.3) is 0 Å². The second kappa shape index (κ2) is 7.45. The Morgan fingerprint density at radius 1 is 0.857 bits per heavy atom. The van der Waals surface area contributed by atoms with Crippen LogP contribution in [0.15, 0.2) is 4.41 Å². The Labute approximate surface area is 120 Å². The van der Waals surface area contributed by atoms with Crippen molar-refractivity contribution in [1.82, 2.24) is 0 Å². The molecule has 0 aromatic heterocycles. The molecule has 0 N–H and O–H groups in total. The molecule has 0 aromatic rings. The molecular weight excluding hydrogens is 343 g/mol. The van der Waals surface area contributed by atoms with E-state index in [0.29, 0.717) is 0 Å². The fourth-order valence-electron chi connectivity index (χ4n) is 1.04. The average Bonchev–Trinajstić information content (AvgIpc) is 2.20. The summed E-state index contributed by atoms with van der Waals surface area (Å²) in [5.74, 6) is 0. The van der Waals surface area contributed by atoms with Gasteiger partial charge in [-0.05, 0) is 26.6 Å². The highest BCUT2D eigenvalue weighted by molar-refractivity contribution is 7.52. The van der Waals surface area contributed by atoms with Crippen molar-refractivity contribution >= 4 is 16.0 Å². The summed E-state index contributed by atoms with van der Waals surface area (Å²) in [5, 5.41) is 0. The molecule has 0 heterocycles. The van der Waals surface area contributed by atoms with Crippen LogP contribution < -0.4 is 0 Å². The Kier molecular flexibility index (Phi) is 7.42. The third-order valence-corrected chi connectivity index (χ3v) is 6.37. The van der Waals surface area contributed by atoms with Gasteiger partial charge in [0.05, 0.1) is 6.61 Å². The average molecular weight is 361 g/mol. The van der Waals surface area contributed by atoms with E-state index in [1.165, 1.54) is 6.92 Å². The maximum absolute atomic E-state index is 12.3. The van der Waals surface area contributed by atoms with Gasteiger partial charge in [0.1, 0.15) is 0 Å². The van der Waals surface area contributed by atoms with Crippen molar-refractivity contribution in [3.63, 3.8) is 0 Å². The summed E-state index contributed by atoms with van der Waals surface area (Å²) in [7, 11) is -6.52. The molecule has 128 valence electrons. The highest BCUT2D eigenvalue weighted by atomic mass is 31.2. The number of nitrogens with zero attached hydrogens (tertiary/aromatic N) is 1. The van der Waals surface area contributed by atoms with E-state index < -0.39 is 41.5 Å². The number of hydrogen-bond acceptors (Lipinski definition) is 4. The molecule has 0 amide bonds. The van der Waals surface area contributed by atoms with Crippen LogP contribution in [-0.4, -0.2) is 40.4 Å². The standard InChI is InChI=1S/C9H18F6NO3PSi/c1-5-17-20(16-21(2,3)4,18-6-8(10,11)12)19-7-9(13,14)15/h5-7H2,1-4H3. The van der Waals surface area contributed by atoms with E-state index in [1.54, 1.807) is 19.6 Å². The smallest absolute Gasteiger partial charge is 0.304 e. The third-order valence-electron chi connectivity index (χ3n) is 1.50. The summed E-state index contributed by atoms with van der Waals surface area (Å²) in [6.07, 6.45) is -9.45. The van der Waals surface area contributed by atoms with Crippen molar-refractivity contribution in [2.45, 2.75) is 38.9 Å². The second-order valence-corrected chi connectivity index (χ2v) is 11.8. The van der Waals surface area contributed by atoms with E-state index >= 15 is 0 Å². The zero-order chi connectivity index (χ0) is 16.9. The van der Waals surface area contributed by atoms with Crippen molar-refractivity contribution in [1.29, 1.82) is 0 Å². The number of hydrogen-bond donors (Lipinski definition) is 0. The first kappa shape index (κ1) is 20.9. The van der Waals surface area contributed by atoms with Crippen molar-refractivity contribution in [3.05, 3.63) is 0 Å². The molecule has 0 unspecified atom stereocenters. The zero-order valence-corrected chi connectivity index (χ0v) is 13.9. The number of halogens is 6. The molecule has 0 bridgehead atoms. The first-order valence-electron chi connectivity index (χ1n) is 5.89. The fourth-order valence-corrected chi connectivity index (χ4v) is 5.84. The lowest BCUT2D eigenvalue weighted by Gasteiger charge is -2.27. The Morgan fingerprint density at radius 3 is 1.48 bits per heavy atom. The lowest BCUT2D eigenvalue weighted by atomic mass is 10.7. The topological polar surface area (TPSA) is 40.0 Å². The van der Waals surface area contributed by atoms with Gasteiger partial charge in [-0.25, -0.2) is 0 Å². The molecule has 12 heteroatoms. The molecule has 0 aliphatic rings. The molecule has 0 radical (unpaired) electrons. The van der Waals surface area contributed by atoms with Gasteiger partial charge in [0.25, 0.3) is 0 Å². The van der Waals surface area contributed by atoms with Crippen molar-refractivity contribution < 1.29 is 39.9 Å². The van der Waals surface area contributed by atoms with Gasteiger partial charge in [-0.15, -0.1) is 0 Å². The maximum Gasteiger partial charge on any atom is 0.412 e. The fraction of sp³-hybridized carbons (Fsp3) is 1.00. The van der Waals surface area contributed by atoms with Gasteiger partial charge in [0.2, 0.25) is 0 Å². The van der Waals surface area contributed by atoms with Crippen molar-refractivity contribution in [3.8, 4) is 0 Å². The van der Waals surface area contributed by atoms with Crippen LogP contribution in [0.1, 0.15) is 6.92 Å². The maximum atomic E-state index is 12.3. The van der Waals surface area contributed by atoms with Crippen LogP contribution >= 0.6 is 7.74 Å². The van der Waals surface area contributed by atoms with E-state index in [2.05, 4.69) is 13.5 Å². The lowest BCUT2D eigenvalue weighted by molar-refractivity contribution is -0.167. The summed E-state index contributed by atoms with van der Waals surface area (Å²) in [5.41, 5.74) is 0. The Bertz CT molecular complexity index is 357. The SMILES string of the molecule is CCOP(=N[Si](C)(C)C)(OCC(F)(F)F)OCC(F)(F)F. The lowest BCUT2D eigenvalue weighted by Crippen LogP contribution is -2.23. The van der Waals surface area contributed by atoms with Crippen LogP contribution in [0.2, 0.25) is 19.6 Å². The number of rotatable bonds is 7. The summed E-state index contributed by atoms with van der Waals surface area (Å²) in [6, 6.07) is 0. The summed E-state index contributed by atoms with van der Waals surface area (Å²) >= 11 is 0. The van der Waals surface area contributed by atoms with E-state index in [0.717, 1.165) is 0 Å². The van der Waals surface area contributed by atoms with Gasteiger partial charge >= 0.3 is 20.1 Å². The highest BCUT2D eigenvalue weighted by Gasteiger charge is 2.39. The minimum Gasteiger partial charge on any atom is -0.304 e. The van der Waals surface area contributed by atoms with E-state index in [-0.39, 0.29) is 6.61 Å². The second-order valence-electron chi connectivity index (χ2n) is 4.93. The number of alkyl halides is 6. The highest BCUT2D eigenvalue weighted by Crippen LogP contribution is 2.56. The molecule has 0 aliphatic carbocycles. The molecule has 0 saturated carbocycles. The van der Waals surface area contributed by atoms with Crippen LogP contribution in [0.4, 0.5) is 26.3 Å². The normalized spacial score (nSPS) is 14.4. The molecule has 21 heavy (non-hydrogen) atoms. The summed E-state index contributed by atoms with van der Waals surface area (Å²) < 4.78 is 91.5. The van der Waals surface area contributed by atoms with Crippen molar-refractivity contribution in [2.75, 3.05) is 19.8 Å². The Hall–Kier alpha value is -0.0931. The quantitative estimate of drug-likeness (QED) is 0.365. The summed E-state index contributed by atoms with van der Waals surface area (Å²) in [6.45, 7) is 2.51. The van der Waals surface area contributed by atoms with Gasteiger partial charge in [0.15, 0.2) is 21.4 Å². The van der Waals surface area contributed by atoms with Gasteiger partial charge in [-0.2, -0.15) is 26.3 Å². The zero-order valence-electron chi connectivity index (χ0n) is 12.0. The predicted octanol–water partition coefficient (Wildman–Crippen LogP) is 4.96. The van der Waals surface area contributed by atoms with E-state index in [9.17, 15) is 26.3 Å². The first-order valence-corrected chi connectivity index (χ1v) is 10.8. The minimum absolute atomic E-state index is 0.183. The van der Waals surface area contributed by atoms with Gasteiger partial charge in [-0.3, -0.25) is 13.5 Å². The first-order chi connectivity index (χ1) is 9.18. The molecule has 0 fully saturated rings. The third kappa shape index (κ3) is 11.2. The minimum atomic E-state index is -4.72. The summed E-state index contributed by atoms with van der Waals surface area (Å²) in [4.78, 5) is 0. The molecule has 4 nitrogen and oxygen atoms in total. The molecule has 0 spiro atoms. The van der Waals surface area contributed by atoms with Crippen LogP contribution in [0.3, 0.4) is 0 Å².